The maximum Gasteiger partial charge on any atom is 0.230 e. The number of para-hydroxylation sites is 1. The molecule has 1 aliphatic heterocycles. The summed E-state index contributed by atoms with van der Waals surface area (Å²) in [6, 6.07) is 11.0. The largest absolute Gasteiger partial charge is 0.372 e. The number of aliphatic imine (C=N–C) groups is 1. The van der Waals surface area contributed by atoms with Crippen molar-refractivity contribution in [1.29, 1.82) is 0 Å². The number of hydrogen-bond acceptors (Lipinski definition) is 5. The summed E-state index contributed by atoms with van der Waals surface area (Å²) in [7, 11) is 1.90. The van der Waals surface area contributed by atoms with Crippen LogP contribution in [0.15, 0.2) is 70.0 Å². The van der Waals surface area contributed by atoms with Gasteiger partial charge < -0.3 is 10.6 Å². The van der Waals surface area contributed by atoms with Crippen molar-refractivity contribution in [2.45, 2.75) is 74.1 Å². The smallest absolute Gasteiger partial charge is 0.230 e. The molecule has 204 valence electrons. The lowest BCUT2D eigenvalue weighted by molar-refractivity contribution is 0.851. The molecule has 5 nitrogen and oxygen atoms in total. The molecular weight excluding hydrogens is 478 g/mol. The van der Waals surface area contributed by atoms with Gasteiger partial charge in [0.1, 0.15) is 11.6 Å². The van der Waals surface area contributed by atoms with Gasteiger partial charge in [-0.15, -0.1) is 0 Å². The van der Waals surface area contributed by atoms with Crippen LogP contribution in [0.4, 0.5) is 11.8 Å². The lowest BCUT2D eigenvalue weighted by atomic mass is 9.88. The molecule has 1 aliphatic rings. The predicted octanol–water partition coefficient (Wildman–Crippen LogP) is 9.12. The molecule has 0 aliphatic carbocycles. The topological polar surface area (TPSA) is 62.2 Å². The molecule has 0 fully saturated rings. The highest BCUT2D eigenvalue weighted by Crippen LogP contribution is 2.37. The zero-order valence-electron chi connectivity index (χ0n) is 25.0. The second-order valence-corrected chi connectivity index (χ2v) is 10.8. The molecule has 3 aromatic rings. The van der Waals surface area contributed by atoms with E-state index in [0.29, 0.717) is 11.9 Å². The van der Waals surface area contributed by atoms with E-state index in [9.17, 15) is 0 Å². The van der Waals surface area contributed by atoms with E-state index in [1.54, 1.807) is 0 Å². The summed E-state index contributed by atoms with van der Waals surface area (Å²) in [5.74, 6) is 2.76. The molecule has 0 amide bonds. The Morgan fingerprint density at radius 1 is 1.05 bits per heavy atom. The van der Waals surface area contributed by atoms with Gasteiger partial charge in [-0.2, -0.15) is 4.98 Å². The van der Waals surface area contributed by atoms with Gasteiger partial charge >= 0.3 is 0 Å². The SMILES string of the molecule is CC/C(C)=C1\C=NC(Nc2nc(NC)c3cccc(-c4c(C)cc(C(C)/C=C(\C)CC)cc4C)c3n2)=CC1C. The molecule has 0 radical (unpaired) electrons. The molecule has 0 bridgehead atoms. The average Bonchev–Trinajstić information content (AvgIpc) is 2.91. The van der Waals surface area contributed by atoms with Crippen molar-refractivity contribution in [2.24, 2.45) is 10.9 Å². The average molecular weight is 522 g/mol. The minimum absolute atomic E-state index is 0.284. The summed E-state index contributed by atoms with van der Waals surface area (Å²) in [4.78, 5) is 14.5. The van der Waals surface area contributed by atoms with Crippen LogP contribution in [-0.2, 0) is 0 Å². The van der Waals surface area contributed by atoms with Crippen molar-refractivity contribution in [2.75, 3.05) is 17.7 Å². The van der Waals surface area contributed by atoms with Crippen molar-refractivity contribution >= 4 is 28.9 Å². The summed E-state index contributed by atoms with van der Waals surface area (Å²) in [6.45, 7) is 17.7. The standard InChI is InChI=1S/C34H43N5/c1-10-20(3)15-22(5)26-16-24(7)31(25(8)17-26)27-13-12-14-28-32(27)38-34(39-33(28)35-9)37-30-18-23(6)29(19-36-30)21(4)11-2/h12-19,22-23H,10-11H2,1-9H3,(H2,35,37,38,39)/b20-15+,29-21+. The Balaban J connectivity index is 1.78. The van der Waals surface area contributed by atoms with E-state index in [0.717, 1.165) is 40.9 Å². The highest BCUT2D eigenvalue weighted by Gasteiger charge is 2.18. The number of hydrogen-bond donors (Lipinski definition) is 2. The van der Waals surface area contributed by atoms with Crippen molar-refractivity contribution in [3.8, 4) is 11.1 Å². The Morgan fingerprint density at radius 2 is 1.77 bits per heavy atom. The Kier molecular flexibility index (Phi) is 8.69. The van der Waals surface area contributed by atoms with Gasteiger partial charge in [-0.25, -0.2) is 9.98 Å². The number of nitrogens with one attached hydrogen (secondary N) is 2. The maximum absolute atomic E-state index is 5.04. The van der Waals surface area contributed by atoms with Crippen LogP contribution in [0.1, 0.15) is 77.0 Å². The summed E-state index contributed by atoms with van der Waals surface area (Å²) in [6.07, 6.45) is 8.61. The van der Waals surface area contributed by atoms with Crippen LogP contribution >= 0.6 is 0 Å². The lowest BCUT2D eigenvalue weighted by Crippen LogP contribution is -2.12. The van der Waals surface area contributed by atoms with Gasteiger partial charge in [-0.3, -0.25) is 0 Å². The van der Waals surface area contributed by atoms with Crippen LogP contribution in [0.3, 0.4) is 0 Å². The second kappa shape index (κ2) is 12.0. The molecule has 0 saturated heterocycles. The highest BCUT2D eigenvalue weighted by atomic mass is 15.2. The third-order valence-electron chi connectivity index (χ3n) is 7.91. The zero-order chi connectivity index (χ0) is 28.3. The lowest BCUT2D eigenvalue weighted by Gasteiger charge is -2.19. The first-order valence-electron chi connectivity index (χ1n) is 14.2. The van der Waals surface area contributed by atoms with E-state index in [-0.39, 0.29) is 5.92 Å². The molecule has 2 atom stereocenters. The van der Waals surface area contributed by atoms with Crippen LogP contribution in [0.5, 0.6) is 0 Å². The van der Waals surface area contributed by atoms with Gasteiger partial charge in [0.15, 0.2) is 0 Å². The maximum atomic E-state index is 5.04. The van der Waals surface area contributed by atoms with E-state index in [2.05, 4.69) is 113 Å². The number of fused-ring (bicyclic) bond motifs is 1. The summed E-state index contributed by atoms with van der Waals surface area (Å²) in [5.41, 5.74) is 11.2. The number of aryl methyl sites for hydroxylation is 2. The molecule has 2 N–H and O–H groups in total. The number of rotatable bonds is 8. The highest BCUT2D eigenvalue weighted by molar-refractivity contribution is 6.01. The molecule has 2 aromatic carbocycles. The second-order valence-electron chi connectivity index (χ2n) is 10.8. The Labute approximate surface area is 234 Å². The van der Waals surface area contributed by atoms with Gasteiger partial charge in [-0.1, -0.05) is 69.2 Å². The summed E-state index contributed by atoms with van der Waals surface area (Å²) >= 11 is 0. The van der Waals surface area contributed by atoms with Crippen LogP contribution in [0.25, 0.3) is 22.0 Å². The van der Waals surface area contributed by atoms with Crippen LogP contribution in [0.2, 0.25) is 0 Å². The van der Waals surface area contributed by atoms with Crippen LogP contribution in [-0.4, -0.2) is 23.2 Å². The van der Waals surface area contributed by atoms with Gasteiger partial charge in [0.05, 0.1) is 5.52 Å². The number of nitrogens with zero attached hydrogens (tertiary/aromatic N) is 3. The first-order chi connectivity index (χ1) is 18.7. The third kappa shape index (κ3) is 5.98. The number of anilines is 2. The fraction of sp³-hybridized carbons (Fsp3) is 0.382. The normalized spacial score (nSPS) is 17.7. The van der Waals surface area contributed by atoms with Crippen molar-refractivity contribution < 1.29 is 0 Å². The van der Waals surface area contributed by atoms with E-state index in [1.807, 2.05) is 13.3 Å². The first kappa shape index (κ1) is 28.3. The Hall–Kier alpha value is -3.73. The van der Waals surface area contributed by atoms with Gasteiger partial charge in [0.25, 0.3) is 0 Å². The molecule has 0 spiro atoms. The minimum atomic E-state index is 0.284. The van der Waals surface area contributed by atoms with Crippen LogP contribution < -0.4 is 10.6 Å². The molecule has 4 rings (SSSR count). The predicted molar refractivity (Wildman–Crippen MR) is 169 cm³/mol. The van der Waals surface area contributed by atoms with Gasteiger partial charge in [0, 0.05) is 30.1 Å². The fourth-order valence-corrected chi connectivity index (χ4v) is 5.44. The molecule has 1 aromatic heterocycles. The van der Waals surface area contributed by atoms with Crippen molar-refractivity contribution in [1.82, 2.24) is 9.97 Å². The minimum Gasteiger partial charge on any atom is -0.372 e. The van der Waals surface area contributed by atoms with E-state index in [1.165, 1.54) is 39.0 Å². The number of aromatic nitrogens is 2. The molecule has 0 saturated carbocycles. The van der Waals surface area contributed by atoms with Crippen LogP contribution in [0, 0.1) is 19.8 Å². The van der Waals surface area contributed by atoms with Crippen molar-refractivity contribution in [3.63, 3.8) is 0 Å². The van der Waals surface area contributed by atoms with E-state index >= 15 is 0 Å². The van der Waals surface area contributed by atoms with E-state index in [4.69, 9.17) is 9.97 Å². The molecular formula is C34H43N5. The Bertz CT molecular complexity index is 1480. The summed E-state index contributed by atoms with van der Waals surface area (Å²) < 4.78 is 0. The van der Waals surface area contributed by atoms with Crippen molar-refractivity contribution in [3.05, 3.63) is 81.7 Å². The summed E-state index contributed by atoms with van der Waals surface area (Å²) in [5, 5.41) is 7.66. The molecule has 5 heteroatoms. The number of benzene rings is 2. The fourth-order valence-electron chi connectivity index (χ4n) is 5.44. The molecule has 2 heterocycles. The van der Waals surface area contributed by atoms with E-state index < -0.39 is 0 Å². The number of allylic oxidation sites excluding steroid dienone is 5. The third-order valence-corrected chi connectivity index (χ3v) is 7.91. The van der Waals surface area contributed by atoms with Gasteiger partial charge in [-0.05, 0) is 86.4 Å². The Morgan fingerprint density at radius 3 is 2.38 bits per heavy atom. The first-order valence-corrected chi connectivity index (χ1v) is 14.2. The zero-order valence-corrected chi connectivity index (χ0v) is 25.0. The van der Waals surface area contributed by atoms with Gasteiger partial charge in [0.2, 0.25) is 5.95 Å². The molecule has 39 heavy (non-hydrogen) atoms. The quantitative estimate of drug-likeness (QED) is 0.290. The molecule has 2 unspecified atom stereocenters. The monoisotopic (exact) mass is 521 g/mol.